The zero-order valence-corrected chi connectivity index (χ0v) is 3.32. The molecule has 0 amide bonds. The summed E-state index contributed by atoms with van der Waals surface area (Å²) in [6, 6.07) is 0. The van der Waals surface area contributed by atoms with Crippen molar-refractivity contribution in [2.45, 2.75) is 6.23 Å². The van der Waals surface area contributed by atoms with Crippen LogP contribution in [-0.4, -0.2) is 6.23 Å². The average Bonchev–Trinajstić information content (AvgIpc) is 1.84. The van der Waals surface area contributed by atoms with E-state index >= 15 is 0 Å². The summed E-state index contributed by atoms with van der Waals surface area (Å²) >= 11 is 0. The third-order valence-electron chi connectivity index (χ3n) is 0.535. The largest absolute Gasteiger partial charge is 0.493 e. The Kier molecular flexibility index (Phi) is 0.675. The van der Waals surface area contributed by atoms with Gasteiger partial charge in [0.2, 0.25) is 0 Å². The molecule has 1 rings (SSSR count). The molecule has 4 heteroatoms. The Hall–Kier alpha value is -0.800. The fourth-order valence-corrected chi connectivity index (χ4v) is 0.285. The molecule has 0 unspecified atom stereocenters. The molecule has 2 nitrogen and oxygen atoms in total. The van der Waals surface area contributed by atoms with E-state index in [4.69, 9.17) is 0 Å². The van der Waals surface area contributed by atoms with Gasteiger partial charge in [-0.2, -0.15) is 0 Å². The zero-order chi connectivity index (χ0) is 5.33. The lowest BCUT2D eigenvalue weighted by Gasteiger charge is -2.05. The topological polar surface area (TPSA) is 21.3 Å². The number of nitrogens with one attached hydrogen (secondary N) is 1. The van der Waals surface area contributed by atoms with Gasteiger partial charge in [0.1, 0.15) is 6.26 Å². The first-order valence-electron chi connectivity index (χ1n) is 1.69. The Bertz CT molecular complexity index is 91.1. The second-order valence-corrected chi connectivity index (χ2v) is 1.08. The van der Waals surface area contributed by atoms with Crippen molar-refractivity contribution in [3.05, 3.63) is 12.5 Å². The van der Waals surface area contributed by atoms with Crippen LogP contribution in [0.4, 0.5) is 8.78 Å². The molecule has 0 aromatic rings. The van der Waals surface area contributed by atoms with Crippen molar-refractivity contribution in [2.24, 2.45) is 0 Å². The van der Waals surface area contributed by atoms with Crippen LogP contribution in [0.3, 0.4) is 0 Å². The van der Waals surface area contributed by atoms with Gasteiger partial charge in [-0.25, -0.2) is 0 Å². The van der Waals surface area contributed by atoms with Gasteiger partial charge in [0.15, 0.2) is 0 Å². The molecule has 1 heterocycles. The monoisotopic (exact) mass is 107 g/mol. The maximum atomic E-state index is 11.5. The molecule has 1 N–H and O–H groups in total. The number of alkyl halides is 2. The van der Waals surface area contributed by atoms with E-state index in [0.29, 0.717) is 0 Å². The van der Waals surface area contributed by atoms with Crippen molar-refractivity contribution < 1.29 is 13.5 Å². The summed E-state index contributed by atoms with van der Waals surface area (Å²) in [7, 11) is 0. The number of rotatable bonds is 0. The van der Waals surface area contributed by atoms with Crippen molar-refractivity contribution in [2.75, 3.05) is 0 Å². The lowest BCUT2D eigenvalue weighted by atomic mass is 11.0. The molecule has 0 saturated heterocycles. The second-order valence-electron chi connectivity index (χ2n) is 1.08. The summed E-state index contributed by atoms with van der Waals surface area (Å²) in [5, 5.41) is 1.66. The summed E-state index contributed by atoms with van der Waals surface area (Å²) in [4.78, 5) is 0. The fourth-order valence-electron chi connectivity index (χ4n) is 0.285. The highest BCUT2D eigenvalue weighted by Crippen LogP contribution is 2.14. The van der Waals surface area contributed by atoms with Crippen LogP contribution in [0.25, 0.3) is 0 Å². The molecule has 0 aliphatic carbocycles. The molecule has 1 aliphatic rings. The quantitative estimate of drug-likeness (QED) is 0.458. The number of hydrogen-bond donors (Lipinski definition) is 1. The summed E-state index contributed by atoms with van der Waals surface area (Å²) in [5.41, 5.74) is 0. The maximum Gasteiger partial charge on any atom is 0.493 e. The molecule has 7 heavy (non-hydrogen) atoms. The first kappa shape index (κ1) is 4.36. The zero-order valence-electron chi connectivity index (χ0n) is 3.32. The Labute approximate surface area is 38.8 Å². The van der Waals surface area contributed by atoms with E-state index in [1.165, 1.54) is 0 Å². The molecule has 0 atom stereocenters. The van der Waals surface area contributed by atoms with Gasteiger partial charge in [-0.05, 0) is 0 Å². The van der Waals surface area contributed by atoms with Gasteiger partial charge in [0.25, 0.3) is 0 Å². The van der Waals surface area contributed by atoms with Crippen LogP contribution in [0.2, 0.25) is 0 Å². The lowest BCUT2D eigenvalue weighted by Crippen LogP contribution is -2.28. The molecule has 0 aromatic heterocycles. The average molecular weight is 107 g/mol. The number of ether oxygens (including phenoxy) is 1. The Morgan fingerprint density at radius 2 is 2.29 bits per heavy atom. The molecular weight excluding hydrogens is 104 g/mol. The highest BCUT2D eigenvalue weighted by Gasteiger charge is 2.31. The van der Waals surface area contributed by atoms with Crippen LogP contribution in [0, 0.1) is 0 Å². The van der Waals surface area contributed by atoms with Crippen LogP contribution in [0.5, 0.6) is 0 Å². The van der Waals surface area contributed by atoms with Gasteiger partial charge in [-0.1, -0.05) is 0 Å². The van der Waals surface area contributed by atoms with E-state index in [9.17, 15) is 8.78 Å². The third-order valence-corrected chi connectivity index (χ3v) is 0.535. The van der Waals surface area contributed by atoms with Crippen LogP contribution in [-0.2, 0) is 4.74 Å². The third kappa shape index (κ3) is 0.792. The van der Waals surface area contributed by atoms with E-state index in [1.807, 2.05) is 0 Å². The minimum atomic E-state index is -3.17. The van der Waals surface area contributed by atoms with Gasteiger partial charge in [-0.3, -0.25) is 5.32 Å². The van der Waals surface area contributed by atoms with Crippen LogP contribution < -0.4 is 5.32 Å². The molecule has 0 bridgehead atoms. The van der Waals surface area contributed by atoms with Crippen molar-refractivity contribution >= 4 is 0 Å². The molecule has 0 spiro atoms. The Morgan fingerprint density at radius 3 is 2.43 bits per heavy atom. The van der Waals surface area contributed by atoms with E-state index in [-0.39, 0.29) is 0 Å². The summed E-state index contributed by atoms with van der Waals surface area (Å²) in [6.07, 6.45) is -1.22. The van der Waals surface area contributed by atoms with Gasteiger partial charge < -0.3 is 4.74 Å². The minimum Gasteiger partial charge on any atom is -0.422 e. The molecule has 40 valence electrons. The Balaban J connectivity index is 2.49. The van der Waals surface area contributed by atoms with E-state index < -0.39 is 6.23 Å². The van der Waals surface area contributed by atoms with Crippen LogP contribution in [0.1, 0.15) is 0 Å². The SMILES string of the molecule is FC1(F)NC=CO1. The number of hydrogen-bond acceptors (Lipinski definition) is 2. The first-order valence-corrected chi connectivity index (χ1v) is 1.69. The lowest BCUT2D eigenvalue weighted by molar-refractivity contribution is -0.205. The fraction of sp³-hybridized carbons (Fsp3) is 0.333. The maximum absolute atomic E-state index is 11.5. The minimum absolute atomic E-state index is 0.903. The summed E-state index contributed by atoms with van der Waals surface area (Å²) in [5.74, 6) is 0. The van der Waals surface area contributed by atoms with Gasteiger partial charge in [0, 0.05) is 6.20 Å². The van der Waals surface area contributed by atoms with Gasteiger partial charge in [-0.15, -0.1) is 8.78 Å². The molecular formula is C3H3F2NO. The highest BCUT2D eigenvalue weighted by atomic mass is 19.3. The van der Waals surface area contributed by atoms with Crippen molar-refractivity contribution in [1.82, 2.24) is 5.32 Å². The smallest absolute Gasteiger partial charge is 0.422 e. The first-order chi connectivity index (χ1) is 3.21. The van der Waals surface area contributed by atoms with E-state index in [1.54, 1.807) is 5.32 Å². The molecule has 0 fully saturated rings. The predicted molar refractivity (Wildman–Crippen MR) is 18.3 cm³/mol. The molecule has 0 saturated carbocycles. The van der Waals surface area contributed by atoms with Crippen molar-refractivity contribution in [3.8, 4) is 0 Å². The van der Waals surface area contributed by atoms with Crippen LogP contribution >= 0.6 is 0 Å². The summed E-state index contributed by atoms with van der Waals surface area (Å²) < 4.78 is 26.8. The van der Waals surface area contributed by atoms with Gasteiger partial charge in [0.05, 0.1) is 0 Å². The standard InChI is InChI=1S/C3H3F2NO/c4-3(5)6-1-2-7-3/h1-2,6H. The molecule has 0 radical (unpaired) electrons. The normalized spacial score (nSPS) is 23.7. The van der Waals surface area contributed by atoms with E-state index in [2.05, 4.69) is 4.74 Å². The highest BCUT2D eigenvalue weighted by molar-refractivity contribution is 4.80. The van der Waals surface area contributed by atoms with Crippen molar-refractivity contribution in [3.63, 3.8) is 0 Å². The van der Waals surface area contributed by atoms with Crippen molar-refractivity contribution in [1.29, 1.82) is 0 Å². The van der Waals surface area contributed by atoms with E-state index in [0.717, 1.165) is 12.5 Å². The molecule has 0 aromatic carbocycles. The summed E-state index contributed by atoms with van der Waals surface area (Å²) in [6.45, 7) is 0. The number of halogens is 2. The second kappa shape index (κ2) is 1.08. The van der Waals surface area contributed by atoms with Crippen LogP contribution in [0.15, 0.2) is 12.5 Å². The Morgan fingerprint density at radius 1 is 1.57 bits per heavy atom. The molecule has 1 aliphatic heterocycles. The van der Waals surface area contributed by atoms with Gasteiger partial charge >= 0.3 is 6.23 Å². The predicted octanol–water partition coefficient (Wildman–Crippen LogP) is 0.628.